The Hall–Kier alpha value is -2.06. The lowest BCUT2D eigenvalue weighted by atomic mass is 10.1. The molecule has 1 aromatic carbocycles. The van der Waals surface area contributed by atoms with Crippen LogP contribution in [-0.4, -0.2) is 52.5 Å². The summed E-state index contributed by atoms with van der Waals surface area (Å²) in [4.78, 5) is 31.5. The molecule has 0 radical (unpaired) electrons. The third-order valence-electron chi connectivity index (χ3n) is 4.66. The van der Waals surface area contributed by atoms with Gasteiger partial charge in [0.25, 0.3) is 5.91 Å². The average molecular weight is 434 g/mol. The summed E-state index contributed by atoms with van der Waals surface area (Å²) in [6.45, 7) is 8.61. The summed E-state index contributed by atoms with van der Waals surface area (Å²) in [6, 6.07) is 5.88. The van der Waals surface area contributed by atoms with Crippen LogP contribution in [0.2, 0.25) is 0 Å². The van der Waals surface area contributed by atoms with Crippen LogP contribution >= 0.6 is 23.1 Å². The Balaban J connectivity index is 1.68. The zero-order chi connectivity index (χ0) is 20.6. The van der Waals surface area contributed by atoms with E-state index in [0.29, 0.717) is 23.7 Å². The highest BCUT2D eigenvalue weighted by atomic mass is 32.2. The molecule has 2 aromatic rings. The van der Waals surface area contributed by atoms with Gasteiger partial charge in [-0.1, -0.05) is 17.4 Å². The van der Waals surface area contributed by atoms with E-state index >= 15 is 0 Å². The summed E-state index contributed by atoms with van der Waals surface area (Å²) in [5.41, 5.74) is 0.998. The number of thiazole rings is 1. The van der Waals surface area contributed by atoms with Crippen molar-refractivity contribution in [1.29, 1.82) is 0 Å². The molecule has 2 amide bonds. The van der Waals surface area contributed by atoms with E-state index in [9.17, 15) is 9.59 Å². The number of rotatable bonds is 8. The number of ether oxygens (including phenoxy) is 1. The third-order valence-corrected chi connectivity index (χ3v) is 6.60. The summed E-state index contributed by atoms with van der Waals surface area (Å²) < 4.78 is 8.56. The van der Waals surface area contributed by atoms with Crippen LogP contribution in [0.1, 0.15) is 26.2 Å². The number of piperidine rings is 1. The van der Waals surface area contributed by atoms with Gasteiger partial charge in [0.1, 0.15) is 5.75 Å². The molecule has 0 atom stereocenters. The second-order valence-electron chi connectivity index (χ2n) is 6.79. The Kier molecular flexibility index (Phi) is 7.94. The van der Waals surface area contributed by atoms with Gasteiger partial charge in [0, 0.05) is 19.6 Å². The maximum Gasteiger partial charge on any atom is 0.258 e. The van der Waals surface area contributed by atoms with Crippen LogP contribution in [0.25, 0.3) is 10.2 Å². The van der Waals surface area contributed by atoms with Crippen molar-refractivity contribution < 1.29 is 14.3 Å². The number of hydrogen-bond donors (Lipinski definition) is 0. The van der Waals surface area contributed by atoms with Crippen molar-refractivity contribution >= 4 is 45.1 Å². The molecule has 1 aliphatic heterocycles. The van der Waals surface area contributed by atoms with Crippen LogP contribution in [0.4, 0.5) is 0 Å². The van der Waals surface area contributed by atoms with Crippen molar-refractivity contribution in [2.24, 2.45) is 4.99 Å². The lowest BCUT2D eigenvalue weighted by Gasteiger charge is -2.26. The van der Waals surface area contributed by atoms with Crippen molar-refractivity contribution in [2.45, 2.75) is 32.7 Å². The molecule has 2 heterocycles. The van der Waals surface area contributed by atoms with Crippen molar-refractivity contribution in [1.82, 2.24) is 9.47 Å². The van der Waals surface area contributed by atoms with Crippen LogP contribution in [0.15, 0.2) is 35.8 Å². The highest BCUT2D eigenvalue weighted by Gasteiger charge is 2.16. The van der Waals surface area contributed by atoms with Gasteiger partial charge >= 0.3 is 0 Å². The molecule has 0 unspecified atom stereocenters. The topological polar surface area (TPSA) is 63.9 Å². The average Bonchev–Trinajstić information content (AvgIpc) is 3.05. The van der Waals surface area contributed by atoms with Gasteiger partial charge in [0.2, 0.25) is 5.91 Å². The maximum atomic E-state index is 12.4. The van der Waals surface area contributed by atoms with Crippen LogP contribution in [0, 0.1) is 0 Å². The molecule has 0 bridgehead atoms. The zero-order valence-corrected chi connectivity index (χ0v) is 18.4. The fourth-order valence-electron chi connectivity index (χ4n) is 3.30. The lowest BCUT2D eigenvalue weighted by Crippen LogP contribution is -2.36. The predicted octanol–water partition coefficient (Wildman–Crippen LogP) is 3.46. The highest BCUT2D eigenvalue weighted by Crippen LogP contribution is 2.23. The van der Waals surface area contributed by atoms with Gasteiger partial charge in [0.05, 0.1) is 28.3 Å². The SMILES string of the molecule is C=CCn1c(=NC(=O)CSCC(=O)N2CCCCC2)sc2cc(OCC)ccc21. The second-order valence-corrected chi connectivity index (χ2v) is 8.78. The number of carbonyl (C=O) groups is 2. The van der Waals surface area contributed by atoms with E-state index in [1.54, 1.807) is 6.08 Å². The molecule has 8 heteroatoms. The fourth-order valence-corrected chi connectivity index (χ4v) is 5.08. The number of likely N-dealkylation sites (tertiary alicyclic amines) is 1. The number of nitrogens with zero attached hydrogens (tertiary/aromatic N) is 3. The minimum atomic E-state index is -0.226. The Labute approximate surface area is 179 Å². The number of carbonyl (C=O) groups excluding carboxylic acids is 2. The molecule has 1 aromatic heterocycles. The quantitative estimate of drug-likeness (QED) is 0.598. The van der Waals surface area contributed by atoms with Crippen molar-refractivity contribution in [3.63, 3.8) is 0 Å². The van der Waals surface area contributed by atoms with Crippen molar-refractivity contribution in [3.8, 4) is 5.75 Å². The molecule has 0 saturated carbocycles. The minimum absolute atomic E-state index is 0.120. The number of fused-ring (bicyclic) bond motifs is 1. The first-order valence-corrected chi connectivity index (χ1v) is 11.9. The van der Waals surface area contributed by atoms with E-state index in [1.165, 1.54) is 29.5 Å². The van der Waals surface area contributed by atoms with Crippen LogP contribution in [0.5, 0.6) is 5.75 Å². The Morgan fingerprint density at radius 1 is 1.28 bits per heavy atom. The largest absolute Gasteiger partial charge is 0.494 e. The Bertz CT molecular complexity index is 942. The number of amides is 2. The highest BCUT2D eigenvalue weighted by molar-refractivity contribution is 8.00. The molecule has 1 aliphatic rings. The first kappa shape index (κ1) is 21.6. The van der Waals surface area contributed by atoms with Gasteiger partial charge < -0.3 is 14.2 Å². The predicted molar refractivity (Wildman–Crippen MR) is 120 cm³/mol. The smallest absolute Gasteiger partial charge is 0.258 e. The molecular weight excluding hydrogens is 406 g/mol. The van der Waals surface area contributed by atoms with E-state index in [0.717, 1.165) is 41.9 Å². The summed E-state index contributed by atoms with van der Waals surface area (Å²) >= 11 is 2.80. The monoisotopic (exact) mass is 433 g/mol. The summed E-state index contributed by atoms with van der Waals surface area (Å²) in [7, 11) is 0. The molecular formula is C21H27N3O3S2. The van der Waals surface area contributed by atoms with E-state index in [4.69, 9.17) is 4.74 Å². The van der Waals surface area contributed by atoms with Gasteiger partial charge in [-0.15, -0.1) is 18.3 Å². The number of allylic oxidation sites excluding steroid dienone is 1. The van der Waals surface area contributed by atoms with E-state index in [1.807, 2.05) is 34.6 Å². The van der Waals surface area contributed by atoms with E-state index < -0.39 is 0 Å². The normalized spacial score (nSPS) is 14.9. The standard InChI is InChI=1S/C21H27N3O3S2/c1-3-10-24-17-9-8-16(27-4-2)13-18(17)29-21(24)22-19(25)14-28-15-20(26)23-11-6-5-7-12-23/h3,8-9,13H,1,4-7,10-12,14-15H2,2H3. The number of thioether (sulfide) groups is 1. The van der Waals surface area contributed by atoms with Crippen LogP contribution in [0.3, 0.4) is 0 Å². The minimum Gasteiger partial charge on any atom is -0.494 e. The molecule has 156 valence electrons. The number of benzene rings is 1. The summed E-state index contributed by atoms with van der Waals surface area (Å²) in [5.74, 6) is 1.23. The third kappa shape index (κ3) is 5.73. The van der Waals surface area contributed by atoms with Crippen molar-refractivity contribution in [3.05, 3.63) is 35.7 Å². The van der Waals surface area contributed by atoms with E-state index in [-0.39, 0.29) is 17.6 Å². The van der Waals surface area contributed by atoms with Gasteiger partial charge in [-0.3, -0.25) is 9.59 Å². The van der Waals surface area contributed by atoms with E-state index in [2.05, 4.69) is 11.6 Å². The Morgan fingerprint density at radius 2 is 2.07 bits per heavy atom. The Morgan fingerprint density at radius 3 is 2.79 bits per heavy atom. The fraction of sp³-hybridized carbons (Fsp3) is 0.476. The molecule has 1 saturated heterocycles. The maximum absolute atomic E-state index is 12.4. The second kappa shape index (κ2) is 10.6. The summed E-state index contributed by atoms with van der Waals surface area (Å²) in [5, 5.41) is 0. The van der Waals surface area contributed by atoms with Crippen LogP contribution < -0.4 is 9.54 Å². The zero-order valence-electron chi connectivity index (χ0n) is 16.8. The van der Waals surface area contributed by atoms with Gasteiger partial charge in [0.15, 0.2) is 4.80 Å². The number of aromatic nitrogens is 1. The molecule has 3 rings (SSSR count). The first-order chi connectivity index (χ1) is 14.1. The van der Waals surface area contributed by atoms with Gasteiger partial charge in [-0.2, -0.15) is 4.99 Å². The first-order valence-electron chi connectivity index (χ1n) is 9.92. The molecule has 0 spiro atoms. The van der Waals surface area contributed by atoms with Gasteiger partial charge in [-0.05, 0) is 44.4 Å². The van der Waals surface area contributed by atoms with Gasteiger partial charge in [-0.25, -0.2) is 0 Å². The molecule has 6 nitrogen and oxygen atoms in total. The van der Waals surface area contributed by atoms with Crippen LogP contribution in [-0.2, 0) is 16.1 Å². The van der Waals surface area contributed by atoms with Crippen molar-refractivity contribution in [2.75, 3.05) is 31.2 Å². The molecule has 0 N–H and O–H groups in total. The summed E-state index contributed by atoms with van der Waals surface area (Å²) in [6.07, 6.45) is 5.13. The number of hydrogen-bond acceptors (Lipinski definition) is 5. The molecule has 0 aliphatic carbocycles. The molecule has 1 fully saturated rings. The molecule has 29 heavy (non-hydrogen) atoms. The lowest BCUT2D eigenvalue weighted by molar-refractivity contribution is -0.129.